The van der Waals surface area contributed by atoms with Crippen molar-refractivity contribution in [3.63, 3.8) is 0 Å². The summed E-state index contributed by atoms with van der Waals surface area (Å²) in [6, 6.07) is 4.37. The summed E-state index contributed by atoms with van der Waals surface area (Å²) in [4.78, 5) is 21.7. The lowest BCUT2D eigenvalue weighted by atomic mass is 10.1. The van der Waals surface area contributed by atoms with Crippen LogP contribution in [0.25, 0.3) is 0 Å². The number of Topliss-reactive ketones (excluding diaryl/α,β-unsaturated/α-hetero) is 1. The maximum Gasteiger partial charge on any atom is 0.189 e. The van der Waals surface area contributed by atoms with E-state index in [4.69, 9.17) is 34.8 Å². The van der Waals surface area contributed by atoms with E-state index in [0.29, 0.717) is 11.3 Å². The Balaban J connectivity index is 3.07. The first-order valence-electron chi connectivity index (χ1n) is 3.65. The summed E-state index contributed by atoms with van der Waals surface area (Å²) in [5.74, 6) is -0.525. The smallest absolute Gasteiger partial charge is 0.189 e. The van der Waals surface area contributed by atoms with Gasteiger partial charge in [-0.15, -0.1) is 11.6 Å². The Morgan fingerprint density at radius 3 is 2.50 bits per heavy atom. The largest absolute Gasteiger partial charge is 0.301 e. The van der Waals surface area contributed by atoms with E-state index in [1.165, 1.54) is 18.2 Å². The van der Waals surface area contributed by atoms with Crippen molar-refractivity contribution in [3.8, 4) is 0 Å². The predicted molar refractivity (Wildman–Crippen MR) is 56.5 cm³/mol. The number of aldehydes is 1. The molecule has 0 spiro atoms. The Hall–Kier alpha value is -0.570. The Kier molecular flexibility index (Phi) is 3.93. The molecule has 2 nitrogen and oxygen atoms in total. The van der Waals surface area contributed by atoms with Crippen LogP contribution in [0.2, 0.25) is 10.0 Å². The number of hydrogen-bond acceptors (Lipinski definition) is 2. The summed E-state index contributed by atoms with van der Waals surface area (Å²) in [7, 11) is 0. The number of benzene rings is 1. The normalized spacial score (nSPS) is 12.2. The van der Waals surface area contributed by atoms with Gasteiger partial charge in [0.05, 0.1) is 5.02 Å². The second kappa shape index (κ2) is 4.78. The Morgan fingerprint density at radius 1 is 1.36 bits per heavy atom. The molecule has 14 heavy (non-hydrogen) atoms. The molecule has 5 heteroatoms. The molecular formula is C9H5Cl3O2. The van der Waals surface area contributed by atoms with Gasteiger partial charge in [-0.1, -0.05) is 23.2 Å². The number of hydrogen-bond donors (Lipinski definition) is 0. The summed E-state index contributed by atoms with van der Waals surface area (Å²) in [6.07, 6.45) is 0.356. The number of halogens is 3. The van der Waals surface area contributed by atoms with Gasteiger partial charge in [0.15, 0.2) is 11.2 Å². The lowest BCUT2D eigenvalue weighted by Gasteiger charge is -2.04. The highest BCUT2D eigenvalue weighted by atomic mass is 35.5. The first-order chi connectivity index (χ1) is 6.56. The average molecular weight is 251 g/mol. The Labute approximate surface area is 95.8 Å². The molecule has 0 heterocycles. The first-order valence-corrected chi connectivity index (χ1v) is 4.84. The van der Waals surface area contributed by atoms with Crippen molar-refractivity contribution in [2.75, 3.05) is 0 Å². The molecule has 0 radical (unpaired) electrons. The highest BCUT2D eigenvalue weighted by Gasteiger charge is 2.18. The molecule has 1 rings (SSSR count). The van der Waals surface area contributed by atoms with E-state index >= 15 is 0 Å². The summed E-state index contributed by atoms with van der Waals surface area (Å²) in [5, 5.41) is -0.590. The molecular weight excluding hydrogens is 246 g/mol. The monoisotopic (exact) mass is 250 g/mol. The van der Waals surface area contributed by atoms with Crippen LogP contribution in [0.3, 0.4) is 0 Å². The summed E-state index contributed by atoms with van der Waals surface area (Å²) >= 11 is 16.8. The predicted octanol–water partition coefficient (Wildman–Crippen LogP) is 2.98. The molecule has 0 bridgehead atoms. The number of rotatable bonds is 3. The van der Waals surface area contributed by atoms with Gasteiger partial charge >= 0.3 is 0 Å². The van der Waals surface area contributed by atoms with Gasteiger partial charge < -0.3 is 4.79 Å². The van der Waals surface area contributed by atoms with Crippen LogP contribution in [0.4, 0.5) is 0 Å². The van der Waals surface area contributed by atoms with Gasteiger partial charge in [-0.25, -0.2) is 0 Å². The zero-order valence-corrected chi connectivity index (χ0v) is 9.10. The molecule has 0 fully saturated rings. The van der Waals surface area contributed by atoms with Crippen molar-refractivity contribution in [1.82, 2.24) is 0 Å². The molecule has 0 saturated carbocycles. The molecule has 74 valence electrons. The summed E-state index contributed by atoms with van der Waals surface area (Å²) < 4.78 is 0. The molecule has 0 aliphatic rings. The molecule has 1 atom stereocenters. The van der Waals surface area contributed by atoms with Crippen LogP contribution >= 0.6 is 34.8 Å². The summed E-state index contributed by atoms with van der Waals surface area (Å²) in [6.45, 7) is 0. The van der Waals surface area contributed by atoms with Crippen LogP contribution in [0.15, 0.2) is 18.2 Å². The van der Waals surface area contributed by atoms with Gasteiger partial charge in [-0.3, -0.25) is 4.79 Å². The molecule has 0 saturated heterocycles. The van der Waals surface area contributed by atoms with E-state index in [9.17, 15) is 9.59 Å². The van der Waals surface area contributed by atoms with Crippen LogP contribution in [-0.4, -0.2) is 17.4 Å². The minimum absolute atomic E-state index is 0.190. The zero-order chi connectivity index (χ0) is 10.7. The lowest BCUT2D eigenvalue weighted by molar-refractivity contribution is -0.106. The third-order valence-electron chi connectivity index (χ3n) is 1.57. The Bertz CT molecular complexity index is 376. The molecule has 0 amide bonds. The van der Waals surface area contributed by atoms with E-state index in [1.54, 1.807) is 0 Å². The topological polar surface area (TPSA) is 34.1 Å². The molecule has 1 aromatic rings. The van der Waals surface area contributed by atoms with E-state index in [0.717, 1.165) is 0 Å². The zero-order valence-electron chi connectivity index (χ0n) is 6.84. The number of alkyl halides is 1. The van der Waals surface area contributed by atoms with Crippen molar-refractivity contribution >= 4 is 46.9 Å². The van der Waals surface area contributed by atoms with Gasteiger partial charge in [0.2, 0.25) is 0 Å². The maximum absolute atomic E-state index is 11.4. The third kappa shape index (κ3) is 2.47. The fourth-order valence-corrected chi connectivity index (χ4v) is 1.52. The number of carbonyl (C=O) groups is 2. The van der Waals surface area contributed by atoms with E-state index in [2.05, 4.69) is 0 Å². The molecule has 1 unspecified atom stereocenters. The van der Waals surface area contributed by atoms with Crippen molar-refractivity contribution in [1.29, 1.82) is 0 Å². The van der Waals surface area contributed by atoms with Gasteiger partial charge in [0, 0.05) is 10.6 Å². The van der Waals surface area contributed by atoms with Gasteiger partial charge in [-0.2, -0.15) is 0 Å². The van der Waals surface area contributed by atoms with Gasteiger partial charge in [0.25, 0.3) is 0 Å². The van der Waals surface area contributed by atoms with Crippen LogP contribution in [0, 0.1) is 0 Å². The van der Waals surface area contributed by atoms with E-state index in [-0.39, 0.29) is 10.6 Å². The fraction of sp³-hybridized carbons (Fsp3) is 0.111. The Morgan fingerprint density at radius 2 is 2.00 bits per heavy atom. The second-order valence-corrected chi connectivity index (χ2v) is 3.84. The molecule has 0 aliphatic heterocycles. The fourth-order valence-electron chi connectivity index (χ4n) is 0.900. The van der Waals surface area contributed by atoms with Crippen molar-refractivity contribution in [2.24, 2.45) is 0 Å². The second-order valence-electron chi connectivity index (χ2n) is 2.53. The molecule has 0 aromatic heterocycles. The minimum atomic E-state index is -1.20. The minimum Gasteiger partial charge on any atom is -0.301 e. The molecule has 1 aromatic carbocycles. The quantitative estimate of drug-likeness (QED) is 0.358. The van der Waals surface area contributed by atoms with Crippen molar-refractivity contribution < 1.29 is 9.59 Å². The van der Waals surface area contributed by atoms with Crippen LogP contribution in [-0.2, 0) is 4.79 Å². The SMILES string of the molecule is O=CC(Cl)C(=O)c1ccc(Cl)cc1Cl. The highest BCUT2D eigenvalue weighted by Crippen LogP contribution is 2.22. The number of ketones is 1. The van der Waals surface area contributed by atoms with Crippen LogP contribution in [0.5, 0.6) is 0 Å². The molecule has 0 aliphatic carbocycles. The van der Waals surface area contributed by atoms with Gasteiger partial charge in [0.1, 0.15) is 6.29 Å². The van der Waals surface area contributed by atoms with Crippen LogP contribution in [0.1, 0.15) is 10.4 Å². The number of carbonyl (C=O) groups excluding carboxylic acids is 2. The standard InChI is InChI=1S/C9H5Cl3O2/c10-5-1-2-6(7(11)3-5)9(14)8(12)4-13/h1-4,8H. The van der Waals surface area contributed by atoms with Crippen molar-refractivity contribution in [2.45, 2.75) is 5.38 Å². The molecule has 0 N–H and O–H groups in total. The highest BCUT2D eigenvalue weighted by molar-refractivity contribution is 6.44. The summed E-state index contributed by atoms with van der Waals surface area (Å²) in [5.41, 5.74) is 0.197. The van der Waals surface area contributed by atoms with E-state index in [1.807, 2.05) is 0 Å². The van der Waals surface area contributed by atoms with Crippen molar-refractivity contribution in [3.05, 3.63) is 33.8 Å². The maximum atomic E-state index is 11.4. The lowest BCUT2D eigenvalue weighted by Crippen LogP contribution is -2.16. The van der Waals surface area contributed by atoms with E-state index < -0.39 is 11.2 Å². The third-order valence-corrected chi connectivity index (χ3v) is 2.42. The van der Waals surface area contributed by atoms with Gasteiger partial charge in [-0.05, 0) is 18.2 Å². The average Bonchev–Trinajstić information content (AvgIpc) is 2.15. The van der Waals surface area contributed by atoms with Crippen LogP contribution < -0.4 is 0 Å². The first kappa shape index (κ1) is 11.5.